The lowest BCUT2D eigenvalue weighted by atomic mass is 10.1. The molecule has 1 aliphatic rings. The summed E-state index contributed by atoms with van der Waals surface area (Å²) in [5.41, 5.74) is 5.13. The van der Waals surface area contributed by atoms with Crippen molar-refractivity contribution >= 4 is 17.2 Å². The Labute approximate surface area is 142 Å². The Kier molecular flexibility index (Phi) is 4.92. The average molecular weight is 331 g/mol. The Morgan fingerprint density at radius 1 is 1.26 bits per heavy atom. The molecule has 5 nitrogen and oxygen atoms in total. The maximum Gasteiger partial charge on any atom is 0.150 e. The second kappa shape index (κ2) is 6.93. The molecular weight excluding hydrogens is 306 g/mol. The number of thiazole rings is 1. The van der Waals surface area contributed by atoms with Crippen LogP contribution >= 0.6 is 11.3 Å². The third kappa shape index (κ3) is 3.87. The second-order valence-electron chi connectivity index (χ2n) is 6.58. The summed E-state index contributed by atoms with van der Waals surface area (Å²) in [6, 6.07) is 0. The zero-order valence-corrected chi connectivity index (χ0v) is 15.2. The molecule has 0 N–H and O–H groups in total. The van der Waals surface area contributed by atoms with Crippen molar-refractivity contribution in [2.75, 3.05) is 31.6 Å². The molecule has 0 aromatic carbocycles. The maximum absolute atomic E-state index is 4.68. The molecule has 3 rings (SSSR count). The van der Waals surface area contributed by atoms with Crippen LogP contribution in [0.4, 0.5) is 5.82 Å². The van der Waals surface area contributed by atoms with Crippen molar-refractivity contribution in [3.05, 3.63) is 33.7 Å². The highest BCUT2D eigenvalue weighted by molar-refractivity contribution is 7.09. The van der Waals surface area contributed by atoms with Crippen LogP contribution < -0.4 is 4.90 Å². The van der Waals surface area contributed by atoms with E-state index in [1.807, 2.05) is 25.6 Å². The molecule has 2 aromatic heterocycles. The first-order chi connectivity index (χ1) is 11.0. The normalized spacial score (nSPS) is 18.1. The largest absolute Gasteiger partial charge is 0.355 e. The predicted octanol–water partition coefficient (Wildman–Crippen LogP) is 2.82. The van der Waals surface area contributed by atoms with Gasteiger partial charge in [0.2, 0.25) is 0 Å². The second-order valence-corrected chi connectivity index (χ2v) is 7.52. The molecule has 2 aromatic rings. The van der Waals surface area contributed by atoms with Crippen molar-refractivity contribution in [3.63, 3.8) is 0 Å². The summed E-state index contributed by atoms with van der Waals surface area (Å²) in [4.78, 5) is 19.7. The quantitative estimate of drug-likeness (QED) is 0.843. The summed E-state index contributed by atoms with van der Waals surface area (Å²) >= 11 is 1.76. The molecule has 1 aliphatic heterocycles. The first kappa shape index (κ1) is 16.3. The highest BCUT2D eigenvalue weighted by atomic mass is 32.1. The minimum Gasteiger partial charge on any atom is -0.355 e. The third-order valence-electron chi connectivity index (χ3n) is 4.46. The lowest BCUT2D eigenvalue weighted by Crippen LogP contribution is -2.28. The maximum atomic E-state index is 4.68. The van der Waals surface area contributed by atoms with Crippen LogP contribution in [0.5, 0.6) is 0 Å². The van der Waals surface area contributed by atoms with Crippen molar-refractivity contribution in [1.29, 1.82) is 0 Å². The van der Waals surface area contributed by atoms with E-state index in [9.17, 15) is 0 Å². The van der Waals surface area contributed by atoms with E-state index in [0.717, 1.165) is 43.4 Å². The van der Waals surface area contributed by atoms with Crippen molar-refractivity contribution in [2.45, 2.75) is 33.7 Å². The molecule has 0 bridgehead atoms. The minimum absolute atomic E-state index is 0.690. The van der Waals surface area contributed by atoms with E-state index in [1.165, 1.54) is 17.0 Å². The fourth-order valence-corrected chi connectivity index (χ4v) is 4.08. The van der Waals surface area contributed by atoms with Crippen LogP contribution in [0.2, 0.25) is 0 Å². The van der Waals surface area contributed by atoms with E-state index in [-0.39, 0.29) is 0 Å². The number of rotatable bonds is 5. The highest BCUT2D eigenvalue weighted by Crippen LogP contribution is 2.25. The fraction of sp³-hybridized carbons (Fsp3) is 0.588. The molecule has 3 heterocycles. The molecule has 1 fully saturated rings. The van der Waals surface area contributed by atoms with Gasteiger partial charge in [-0.2, -0.15) is 0 Å². The predicted molar refractivity (Wildman–Crippen MR) is 95.0 cm³/mol. The van der Waals surface area contributed by atoms with Crippen molar-refractivity contribution in [2.24, 2.45) is 5.92 Å². The number of aromatic nitrogens is 3. The van der Waals surface area contributed by atoms with Crippen LogP contribution in [0.1, 0.15) is 28.4 Å². The monoisotopic (exact) mass is 331 g/mol. The molecule has 0 radical (unpaired) electrons. The summed E-state index contributed by atoms with van der Waals surface area (Å²) in [6.45, 7) is 10.4. The summed E-state index contributed by atoms with van der Waals surface area (Å²) in [5.74, 6) is 1.75. The Morgan fingerprint density at radius 3 is 2.83 bits per heavy atom. The van der Waals surface area contributed by atoms with Crippen LogP contribution in [0.25, 0.3) is 0 Å². The number of nitrogens with zero attached hydrogens (tertiary/aromatic N) is 5. The first-order valence-corrected chi connectivity index (χ1v) is 9.03. The molecule has 0 spiro atoms. The molecule has 6 heteroatoms. The molecule has 124 valence electrons. The zero-order valence-electron chi connectivity index (χ0n) is 14.4. The summed E-state index contributed by atoms with van der Waals surface area (Å²) in [6.07, 6.45) is 3.07. The molecule has 0 saturated carbocycles. The zero-order chi connectivity index (χ0) is 16.4. The van der Waals surface area contributed by atoms with E-state index in [0.29, 0.717) is 5.92 Å². The summed E-state index contributed by atoms with van der Waals surface area (Å²) < 4.78 is 0. The van der Waals surface area contributed by atoms with Crippen molar-refractivity contribution < 1.29 is 0 Å². The van der Waals surface area contributed by atoms with Crippen molar-refractivity contribution in [1.82, 2.24) is 19.9 Å². The topological polar surface area (TPSA) is 45.2 Å². The van der Waals surface area contributed by atoms with Gasteiger partial charge in [-0.3, -0.25) is 4.98 Å². The van der Waals surface area contributed by atoms with E-state index >= 15 is 0 Å². The van der Waals surface area contributed by atoms with Crippen LogP contribution in [-0.2, 0) is 6.54 Å². The Hall–Kier alpha value is -1.53. The van der Waals surface area contributed by atoms with E-state index < -0.39 is 0 Å². The molecule has 0 aliphatic carbocycles. The molecular formula is C17H25N5S. The third-order valence-corrected chi connectivity index (χ3v) is 5.38. The summed E-state index contributed by atoms with van der Waals surface area (Å²) in [7, 11) is 2.21. The van der Waals surface area contributed by atoms with Gasteiger partial charge in [-0.1, -0.05) is 0 Å². The van der Waals surface area contributed by atoms with Gasteiger partial charge in [0.05, 0.1) is 22.6 Å². The summed E-state index contributed by atoms with van der Waals surface area (Å²) in [5, 5.41) is 0. The van der Waals surface area contributed by atoms with Crippen LogP contribution in [-0.4, -0.2) is 46.5 Å². The van der Waals surface area contributed by atoms with E-state index in [4.69, 9.17) is 0 Å². The van der Waals surface area contributed by atoms with Gasteiger partial charge in [0.25, 0.3) is 0 Å². The molecule has 0 amide bonds. The smallest absolute Gasteiger partial charge is 0.150 e. The van der Waals surface area contributed by atoms with Gasteiger partial charge in [-0.25, -0.2) is 9.97 Å². The minimum atomic E-state index is 0.690. The van der Waals surface area contributed by atoms with Gasteiger partial charge in [-0.15, -0.1) is 11.3 Å². The Balaban J connectivity index is 1.57. The van der Waals surface area contributed by atoms with Gasteiger partial charge in [0.15, 0.2) is 0 Å². The van der Waals surface area contributed by atoms with Crippen LogP contribution in [0.15, 0.2) is 11.7 Å². The van der Waals surface area contributed by atoms with Gasteiger partial charge in [0.1, 0.15) is 5.82 Å². The van der Waals surface area contributed by atoms with Crippen LogP contribution in [0, 0.1) is 26.7 Å². The Morgan fingerprint density at radius 2 is 2.09 bits per heavy atom. The lowest BCUT2D eigenvalue weighted by molar-refractivity contribution is 0.281. The first-order valence-electron chi connectivity index (χ1n) is 8.15. The van der Waals surface area contributed by atoms with E-state index in [1.54, 1.807) is 11.3 Å². The van der Waals surface area contributed by atoms with E-state index in [2.05, 4.69) is 38.7 Å². The van der Waals surface area contributed by atoms with Gasteiger partial charge >= 0.3 is 0 Å². The van der Waals surface area contributed by atoms with Crippen LogP contribution in [0.3, 0.4) is 0 Å². The number of hydrogen-bond donors (Lipinski definition) is 0. The average Bonchev–Trinajstić information content (AvgIpc) is 3.12. The molecule has 1 atom stereocenters. The van der Waals surface area contributed by atoms with Gasteiger partial charge < -0.3 is 9.80 Å². The Bertz CT molecular complexity index is 669. The highest BCUT2D eigenvalue weighted by Gasteiger charge is 2.26. The van der Waals surface area contributed by atoms with Crippen molar-refractivity contribution in [3.8, 4) is 0 Å². The fourth-order valence-electron chi connectivity index (χ4n) is 3.23. The molecule has 23 heavy (non-hydrogen) atoms. The SMILES string of the molecule is Cc1cnc(C)c(N2CCC(CN(C)Cc3scnc3C)C2)n1. The lowest BCUT2D eigenvalue weighted by Gasteiger charge is -2.22. The number of hydrogen-bond acceptors (Lipinski definition) is 6. The number of anilines is 1. The molecule has 1 saturated heterocycles. The van der Waals surface area contributed by atoms with Gasteiger partial charge in [-0.05, 0) is 40.2 Å². The van der Waals surface area contributed by atoms with Gasteiger partial charge in [0, 0.05) is 37.3 Å². The number of aryl methyl sites for hydroxylation is 3. The standard InChI is InChI=1S/C17H25N5S/c1-12-7-18-14(3)17(20-12)22-6-5-15(9-22)8-21(4)10-16-13(2)19-11-23-16/h7,11,15H,5-6,8-10H2,1-4H3. The molecule has 1 unspecified atom stereocenters.